The number of aliphatic hydroxyl groups excluding tert-OH is 1. The fourth-order valence-corrected chi connectivity index (χ4v) is 6.30. The number of imide groups is 2. The Kier molecular flexibility index (Phi) is 25.3. The van der Waals surface area contributed by atoms with Crippen LogP contribution in [0.3, 0.4) is 0 Å². The van der Waals surface area contributed by atoms with Gasteiger partial charge in [-0.15, -0.1) is 6.58 Å². The Bertz CT molecular complexity index is 1520. The number of allylic oxidation sites excluding steroid dienone is 1. The van der Waals surface area contributed by atoms with Crippen LogP contribution < -0.4 is 0 Å². The van der Waals surface area contributed by atoms with Crippen LogP contribution in [0.2, 0.25) is 0 Å². The largest absolute Gasteiger partial charge is 0.461 e. The van der Waals surface area contributed by atoms with Gasteiger partial charge >= 0.3 is 36.3 Å². The van der Waals surface area contributed by atoms with Crippen LogP contribution in [0.25, 0.3) is 0 Å². The topological polar surface area (TPSA) is 221 Å². The van der Waals surface area contributed by atoms with E-state index >= 15 is 0 Å². The number of cyclic esters (lactones) is 2. The van der Waals surface area contributed by atoms with E-state index < -0.39 is 95.2 Å². The van der Waals surface area contributed by atoms with Gasteiger partial charge in [-0.05, 0) is 123 Å². The smallest absolute Gasteiger partial charge is 0.420 e. The van der Waals surface area contributed by atoms with Crippen LogP contribution in [0.1, 0.15) is 149 Å². The highest BCUT2D eigenvalue weighted by molar-refractivity contribution is 5.95. The Morgan fingerprint density at radius 3 is 1.30 bits per heavy atom. The van der Waals surface area contributed by atoms with Gasteiger partial charge in [0.25, 0.3) is 0 Å². The van der Waals surface area contributed by atoms with Crippen molar-refractivity contribution in [1.29, 1.82) is 0 Å². The van der Waals surface area contributed by atoms with Crippen LogP contribution in [-0.4, -0.2) is 156 Å². The molecule has 19 nitrogen and oxygen atoms in total. The molecule has 19 heteroatoms. The minimum atomic E-state index is -1.47. The van der Waals surface area contributed by atoms with E-state index in [1.165, 1.54) is 6.92 Å². The van der Waals surface area contributed by atoms with Crippen LogP contribution in [-0.2, 0) is 57.0 Å². The van der Waals surface area contributed by atoms with Gasteiger partial charge in [-0.2, -0.15) is 9.80 Å². The van der Waals surface area contributed by atoms with Crippen molar-refractivity contribution in [3.8, 4) is 0 Å². The van der Waals surface area contributed by atoms with Gasteiger partial charge in [0.2, 0.25) is 0 Å². The molecule has 0 spiro atoms. The zero-order valence-corrected chi connectivity index (χ0v) is 43.3. The Hall–Kier alpha value is -4.04. The van der Waals surface area contributed by atoms with Crippen LogP contribution in [0.15, 0.2) is 12.7 Å². The summed E-state index contributed by atoms with van der Waals surface area (Å²) >= 11 is 0. The lowest BCUT2D eigenvalue weighted by atomic mass is 9.91. The monoisotopic (exact) mass is 961 g/mol. The van der Waals surface area contributed by atoms with Gasteiger partial charge in [0.05, 0.1) is 32.5 Å². The third-order valence-electron chi connectivity index (χ3n) is 9.55. The molecule has 0 aliphatic carbocycles. The first-order chi connectivity index (χ1) is 30.9. The van der Waals surface area contributed by atoms with Gasteiger partial charge in [0.15, 0.2) is 12.1 Å². The minimum absolute atomic E-state index is 0.0567. The number of hydrogen-bond donors (Lipinski definition) is 1. The number of unbranched alkanes of at least 4 members (excludes halogenated alkanes) is 2. The molecule has 0 radical (unpaired) electrons. The highest BCUT2D eigenvalue weighted by Gasteiger charge is 2.46. The van der Waals surface area contributed by atoms with Crippen molar-refractivity contribution in [3.05, 3.63) is 12.7 Å². The van der Waals surface area contributed by atoms with E-state index in [0.29, 0.717) is 35.9 Å². The van der Waals surface area contributed by atoms with Crippen molar-refractivity contribution in [2.24, 2.45) is 5.92 Å². The van der Waals surface area contributed by atoms with Gasteiger partial charge in [-0.25, -0.2) is 28.8 Å². The maximum absolute atomic E-state index is 13.3. The molecule has 1 N–H and O–H groups in total. The molecule has 0 bridgehead atoms. The van der Waals surface area contributed by atoms with E-state index in [2.05, 4.69) is 13.5 Å². The first kappa shape index (κ1) is 61.0. The van der Waals surface area contributed by atoms with Gasteiger partial charge < -0.3 is 52.5 Å². The normalized spacial score (nSPS) is 24.4. The maximum atomic E-state index is 13.3. The second kappa shape index (κ2) is 27.8. The van der Waals surface area contributed by atoms with Crippen molar-refractivity contribution in [2.45, 2.75) is 214 Å². The average Bonchev–Trinajstić information content (AvgIpc) is 3.24. The number of esters is 2. The molecular formula is C48H84N2O17. The lowest BCUT2D eigenvalue weighted by molar-refractivity contribution is -0.163. The number of ether oxygens (including phenoxy) is 10. The molecule has 2 heterocycles. The standard InChI is InChI=1S/C26H45NO8.C22H39NO9/c1-10-12-14-19-18(3)33-22(28)20(16-31-17-21(19)32-15-13-11-2)27(23(29)34-25(4,5)6)24(30)35-26(7,8)9;1-9-10-11-29-16-13-28-12-15(18(25)30-14(2)17(16)24)23(19(26)31-21(3,4)5)20(27)32-22(6,7)8/h10,18-21H,1,11-17H2,2-9H3;14-17,24H,9-13H2,1-8H3/t18-,19-,20-,21-;14-,15-,16-,17-/m00/s1. The summed E-state index contributed by atoms with van der Waals surface area (Å²) in [5.74, 6) is -1.85. The number of rotatable bonds is 13. The Morgan fingerprint density at radius 1 is 0.612 bits per heavy atom. The van der Waals surface area contributed by atoms with Gasteiger partial charge in [0.1, 0.15) is 46.8 Å². The second-order valence-electron chi connectivity index (χ2n) is 20.6. The summed E-state index contributed by atoms with van der Waals surface area (Å²) in [6.07, 6.45) is -1.07. The van der Waals surface area contributed by atoms with E-state index in [0.717, 1.165) is 25.7 Å². The molecule has 0 aromatic heterocycles. The lowest BCUT2D eigenvalue weighted by Gasteiger charge is -2.32. The molecule has 2 fully saturated rings. The fraction of sp³-hybridized carbons (Fsp3) is 0.833. The molecule has 0 aromatic carbocycles. The lowest BCUT2D eigenvalue weighted by Crippen LogP contribution is -2.54. The zero-order chi connectivity index (χ0) is 51.5. The number of carbonyl (C=O) groups excluding carboxylic acids is 6. The molecule has 0 unspecified atom stereocenters. The number of amides is 4. The summed E-state index contributed by atoms with van der Waals surface area (Å²) in [5, 5.41) is 10.6. The van der Waals surface area contributed by atoms with E-state index in [-0.39, 0.29) is 38.4 Å². The molecule has 0 aromatic rings. The van der Waals surface area contributed by atoms with Crippen molar-refractivity contribution >= 4 is 36.3 Å². The predicted molar refractivity (Wildman–Crippen MR) is 247 cm³/mol. The summed E-state index contributed by atoms with van der Waals surface area (Å²) in [7, 11) is 0. The molecular weight excluding hydrogens is 877 g/mol. The highest BCUT2D eigenvalue weighted by atomic mass is 16.6. The van der Waals surface area contributed by atoms with Gasteiger partial charge in [-0.1, -0.05) is 32.8 Å². The molecule has 2 rings (SSSR count). The third-order valence-corrected chi connectivity index (χ3v) is 9.55. The molecule has 8 atom stereocenters. The molecule has 4 amide bonds. The quantitative estimate of drug-likeness (QED) is 0.0793. The third kappa shape index (κ3) is 23.2. The molecule has 2 aliphatic rings. The minimum Gasteiger partial charge on any atom is -0.461 e. The number of hydrogen-bond acceptors (Lipinski definition) is 17. The zero-order valence-electron chi connectivity index (χ0n) is 43.3. The number of carbonyl (C=O) groups is 6. The van der Waals surface area contributed by atoms with Crippen LogP contribution in [0.5, 0.6) is 0 Å². The Balaban J connectivity index is 0.000000673. The predicted octanol–water partition coefficient (Wildman–Crippen LogP) is 8.29. The fourth-order valence-electron chi connectivity index (χ4n) is 6.30. The number of nitrogens with zero attached hydrogens (tertiary/aromatic N) is 2. The average molecular weight is 961 g/mol. The van der Waals surface area contributed by atoms with Gasteiger partial charge in [0, 0.05) is 19.1 Å². The highest BCUT2D eigenvalue weighted by Crippen LogP contribution is 2.27. The number of aliphatic hydroxyl groups is 1. The van der Waals surface area contributed by atoms with Crippen LogP contribution >= 0.6 is 0 Å². The Labute approximate surface area is 399 Å². The van der Waals surface area contributed by atoms with Crippen molar-refractivity contribution in [3.63, 3.8) is 0 Å². The van der Waals surface area contributed by atoms with E-state index in [1.807, 2.05) is 6.92 Å². The van der Waals surface area contributed by atoms with E-state index in [4.69, 9.17) is 47.4 Å². The van der Waals surface area contributed by atoms with E-state index in [9.17, 15) is 33.9 Å². The van der Waals surface area contributed by atoms with Crippen molar-refractivity contribution in [1.82, 2.24) is 9.80 Å². The molecule has 388 valence electrons. The summed E-state index contributed by atoms with van der Waals surface area (Å²) in [5.41, 5.74) is -3.66. The second-order valence-corrected chi connectivity index (χ2v) is 20.6. The van der Waals surface area contributed by atoms with Gasteiger partial charge in [-0.3, -0.25) is 0 Å². The molecule has 2 aliphatic heterocycles. The summed E-state index contributed by atoms with van der Waals surface area (Å²) in [6, 6.07) is -2.85. The first-order valence-corrected chi connectivity index (χ1v) is 23.4. The van der Waals surface area contributed by atoms with Crippen molar-refractivity contribution < 1.29 is 81.2 Å². The summed E-state index contributed by atoms with van der Waals surface area (Å²) in [4.78, 5) is 79.2. The molecule has 2 saturated heterocycles. The first-order valence-electron chi connectivity index (χ1n) is 23.4. The maximum Gasteiger partial charge on any atom is 0.420 e. The summed E-state index contributed by atoms with van der Waals surface area (Å²) in [6.45, 7) is 31.4. The van der Waals surface area contributed by atoms with Crippen molar-refractivity contribution in [2.75, 3.05) is 39.6 Å². The SMILES string of the molecule is C=CCC[C@H]1[C@H](C)OC(=O)[C@@H](N(C(=O)OC(C)(C)C)C(=O)OC(C)(C)C)COC[C@@H]1OCCCC.CCCCO[C@H]1COC[C@H](N(C(=O)OC(C)(C)C)C(=O)OC(C)(C)C)C(=O)O[C@@H](C)[C@@H]1O. The van der Waals surface area contributed by atoms with E-state index in [1.54, 1.807) is 96.1 Å². The molecule has 67 heavy (non-hydrogen) atoms. The summed E-state index contributed by atoms with van der Waals surface area (Å²) < 4.78 is 55.9. The Morgan fingerprint density at radius 2 is 0.955 bits per heavy atom. The van der Waals surface area contributed by atoms with Crippen LogP contribution in [0.4, 0.5) is 19.2 Å². The molecule has 0 saturated carbocycles. The van der Waals surface area contributed by atoms with Crippen LogP contribution in [0, 0.1) is 5.92 Å².